The van der Waals surface area contributed by atoms with Crippen LogP contribution < -0.4 is 0 Å². The molecule has 1 amide bonds. The Kier molecular flexibility index (Phi) is 3.62. The molecule has 0 spiro atoms. The third-order valence-electron chi connectivity index (χ3n) is 4.55. The molecule has 3 heteroatoms. The zero-order chi connectivity index (χ0) is 16.5. The van der Waals surface area contributed by atoms with Crippen molar-refractivity contribution in [2.75, 3.05) is 0 Å². The standard InChI is InChI=1S/C21H18N2O/c1-15-9-10-16(12-19(15)20-8-4-5-11-22-20)21(24)23-13-17-6-2-3-7-18(17)14-23/h2-12H,13-14H2,1H3. The highest BCUT2D eigenvalue weighted by Crippen LogP contribution is 2.27. The van der Waals surface area contributed by atoms with Gasteiger partial charge in [0.2, 0.25) is 0 Å². The summed E-state index contributed by atoms with van der Waals surface area (Å²) in [5.74, 6) is 0.0726. The van der Waals surface area contributed by atoms with Crippen LogP contribution in [0.25, 0.3) is 11.3 Å². The van der Waals surface area contributed by atoms with Crippen molar-refractivity contribution >= 4 is 5.91 Å². The van der Waals surface area contributed by atoms with Gasteiger partial charge in [0.15, 0.2) is 0 Å². The summed E-state index contributed by atoms with van der Waals surface area (Å²) >= 11 is 0. The van der Waals surface area contributed by atoms with Gasteiger partial charge in [-0.15, -0.1) is 0 Å². The van der Waals surface area contributed by atoms with Crippen molar-refractivity contribution in [3.05, 3.63) is 89.1 Å². The number of hydrogen-bond acceptors (Lipinski definition) is 2. The Balaban J connectivity index is 1.65. The first-order valence-corrected chi connectivity index (χ1v) is 8.10. The van der Waals surface area contributed by atoms with Crippen molar-refractivity contribution in [1.29, 1.82) is 0 Å². The minimum atomic E-state index is 0.0726. The number of rotatable bonds is 2. The first-order chi connectivity index (χ1) is 11.7. The molecule has 2 heterocycles. The minimum Gasteiger partial charge on any atom is -0.330 e. The van der Waals surface area contributed by atoms with Crippen LogP contribution in [0.4, 0.5) is 0 Å². The topological polar surface area (TPSA) is 33.2 Å². The molecule has 3 aromatic rings. The average molecular weight is 314 g/mol. The van der Waals surface area contributed by atoms with Gasteiger partial charge in [0.1, 0.15) is 0 Å². The Hall–Kier alpha value is -2.94. The molecule has 2 aromatic carbocycles. The van der Waals surface area contributed by atoms with E-state index in [9.17, 15) is 4.79 Å². The number of aromatic nitrogens is 1. The molecule has 0 bridgehead atoms. The Labute approximate surface area is 141 Å². The van der Waals surface area contributed by atoms with Gasteiger partial charge in [0.25, 0.3) is 5.91 Å². The second-order valence-electron chi connectivity index (χ2n) is 6.17. The number of aryl methyl sites for hydroxylation is 1. The van der Waals surface area contributed by atoms with Gasteiger partial charge in [0.05, 0.1) is 5.69 Å². The number of fused-ring (bicyclic) bond motifs is 1. The van der Waals surface area contributed by atoms with Crippen molar-refractivity contribution in [3.8, 4) is 11.3 Å². The lowest BCUT2D eigenvalue weighted by Gasteiger charge is -2.16. The second kappa shape index (κ2) is 5.93. The first-order valence-electron chi connectivity index (χ1n) is 8.10. The molecule has 1 aromatic heterocycles. The van der Waals surface area contributed by atoms with E-state index < -0.39 is 0 Å². The Bertz CT molecular complexity index is 878. The highest BCUT2D eigenvalue weighted by atomic mass is 16.2. The second-order valence-corrected chi connectivity index (χ2v) is 6.17. The maximum atomic E-state index is 12.9. The number of nitrogens with zero attached hydrogens (tertiary/aromatic N) is 2. The van der Waals surface area contributed by atoms with Gasteiger partial charge in [0, 0.05) is 30.4 Å². The van der Waals surface area contributed by atoms with Crippen molar-refractivity contribution in [1.82, 2.24) is 9.88 Å². The molecule has 1 aliphatic heterocycles. The van der Waals surface area contributed by atoms with Crippen LogP contribution in [0.5, 0.6) is 0 Å². The molecular formula is C21H18N2O. The van der Waals surface area contributed by atoms with Crippen LogP contribution in [0.1, 0.15) is 27.0 Å². The highest BCUT2D eigenvalue weighted by Gasteiger charge is 2.24. The number of benzene rings is 2. The van der Waals surface area contributed by atoms with Crippen LogP contribution in [0.2, 0.25) is 0 Å². The predicted molar refractivity (Wildman–Crippen MR) is 94.4 cm³/mol. The molecule has 0 radical (unpaired) electrons. The maximum absolute atomic E-state index is 12.9. The largest absolute Gasteiger partial charge is 0.330 e. The highest BCUT2D eigenvalue weighted by molar-refractivity contribution is 5.96. The first kappa shape index (κ1) is 14.6. The van der Waals surface area contributed by atoms with E-state index in [-0.39, 0.29) is 5.91 Å². The molecular weight excluding hydrogens is 296 g/mol. The van der Waals surface area contributed by atoms with E-state index >= 15 is 0 Å². The van der Waals surface area contributed by atoms with Crippen molar-refractivity contribution < 1.29 is 4.79 Å². The van der Waals surface area contributed by atoms with Gasteiger partial charge in [-0.3, -0.25) is 9.78 Å². The quantitative estimate of drug-likeness (QED) is 0.710. The van der Waals surface area contributed by atoms with Gasteiger partial charge in [-0.05, 0) is 47.9 Å². The minimum absolute atomic E-state index is 0.0726. The molecule has 118 valence electrons. The Morgan fingerprint density at radius 3 is 2.33 bits per heavy atom. The summed E-state index contributed by atoms with van der Waals surface area (Å²) in [5, 5.41) is 0. The molecule has 0 saturated heterocycles. The summed E-state index contributed by atoms with van der Waals surface area (Å²) < 4.78 is 0. The molecule has 0 atom stereocenters. The van der Waals surface area contributed by atoms with E-state index in [1.54, 1.807) is 6.20 Å². The molecule has 0 N–H and O–H groups in total. The van der Waals surface area contributed by atoms with Gasteiger partial charge < -0.3 is 4.90 Å². The Morgan fingerprint density at radius 2 is 1.67 bits per heavy atom. The van der Waals surface area contributed by atoms with Crippen LogP contribution >= 0.6 is 0 Å². The maximum Gasteiger partial charge on any atom is 0.254 e. The summed E-state index contributed by atoms with van der Waals surface area (Å²) in [6, 6.07) is 19.9. The van der Waals surface area contributed by atoms with Crippen LogP contribution in [-0.2, 0) is 13.1 Å². The van der Waals surface area contributed by atoms with E-state index in [4.69, 9.17) is 0 Å². The van der Waals surface area contributed by atoms with Crippen LogP contribution in [0.3, 0.4) is 0 Å². The summed E-state index contributed by atoms with van der Waals surface area (Å²) in [5.41, 5.74) is 6.22. The van der Waals surface area contributed by atoms with Gasteiger partial charge in [-0.2, -0.15) is 0 Å². The molecule has 3 nitrogen and oxygen atoms in total. The van der Waals surface area contributed by atoms with E-state index in [0.717, 1.165) is 16.8 Å². The summed E-state index contributed by atoms with van der Waals surface area (Å²) in [6.07, 6.45) is 1.78. The molecule has 0 fully saturated rings. The fraction of sp³-hybridized carbons (Fsp3) is 0.143. The number of carbonyl (C=O) groups excluding carboxylic acids is 1. The number of amides is 1. The zero-order valence-corrected chi connectivity index (χ0v) is 13.6. The van der Waals surface area contributed by atoms with E-state index in [1.165, 1.54) is 11.1 Å². The van der Waals surface area contributed by atoms with Gasteiger partial charge >= 0.3 is 0 Å². The fourth-order valence-electron chi connectivity index (χ4n) is 3.21. The van der Waals surface area contributed by atoms with Crippen molar-refractivity contribution in [3.63, 3.8) is 0 Å². The van der Waals surface area contributed by atoms with E-state index in [2.05, 4.69) is 17.1 Å². The molecule has 1 aliphatic rings. The van der Waals surface area contributed by atoms with Gasteiger partial charge in [-0.25, -0.2) is 0 Å². The molecule has 0 aliphatic carbocycles. The lowest BCUT2D eigenvalue weighted by molar-refractivity contribution is 0.0751. The van der Waals surface area contributed by atoms with E-state index in [0.29, 0.717) is 18.7 Å². The zero-order valence-electron chi connectivity index (χ0n) is 13.6. The van der Waals surface area contributed by atoms with Crippen molar-refractivity contribution in [2.24, 2.45) is 0 Å². The number of hydrogen-bond donors (Lipinski definition) is 0. The third kappa shape index (κ3) is 2.58. The monoisotopic (exact) mass is 314 g/mol. The summed E-state index contributed by atoms with van der Waals surface area (Å²) in [6.45, 7) is 3.41. The molecule has 24 heavy (non-hydrogen) atoms. The van der Waals surface area contributed by atoms with Crippen LogP contribution in [0.15, 0.2) is 66.9 Å². The van der Waals surface area contributed by atoms with Crippen LogP contribution in [0, 0.1) is 6.92 Å². The van der Waals surface area contributed by atoms with Crippen LogP contribution in [-0.4, -0.2) is 15.8 Å². The lowest BCUT2D eigenvalue weighted by atomic mass is 10.0. The Morgan fingerprint density at radius 1 is 0.958 bits per heavy atom. The third-order valence-corrected chi connectivity index (χ3v) is 4.55. The normalized spacial score (nSPS) is 13.0. The molecule has 4 rings (SSSR count). The predicted octanol–water partition coefficient (Wildman–Crippen LogP) is 4.21. The SMILES string of the molecule is Cc1ccc(C(=O)N2Cc3ccccc3C2)cc1-c1ccccn1. The fourth-order valence-corrected chi connectivity index (χ4v) is 3.21. The lowest BCUT2D eigenvalue weighted by Crippen LogP contribution is -2.25. The molecule has 0 saturated carbocycles. The number of carbonyl (C=O) groups is 1. The van der Waals surface area contributed by atoms with Gasteiger partial charge in [-0.1, -0.05) is 36.4 Å². The average Bonchev–Trinajstić information content (AvgIpc) is 3.06. The summed E-state index contributed by atoms with van der Waals surface area (Å²) in [4.78, 5) is 19.2. The molecule has 0 unspecified atom stereocenters. The smallest absolute Gasteiger partial charge is 0.254 e. The summed E-state index contributed by atoms with van der Waals surface area (Å²) in [7, 11) is 0. The van der Waals surface area contributed by atoms with E-state index in [1.807, 2.05) is 60.4 Å². The van der Waals surface area contributed by atoms with Crippen molar-refractivity contribution in [2.45, 2.75) is 20.0 Å². The number of pyridine rings is 1.